The molecule has 0 saturated heterocycles. The summed E-state index contributed by atoms with van der Waals surface area (Å²) in [7, 11) is 0. The number of aliphatic hydroxyl groups is 1. The third-order valence-electron chi connectivity index (χ3n) is 2.69. The Balaban J connectivity index is 2.03. The largest absolute Gasteiger partial charge is 0.396 e. The van der Waals surface area contributed by atoms with E-state index in [2.05, 4.69) is 18.3 Å². The lowest BCUT2D eigenvalue weighted by molar-refractivity contribution is 0.283. The summed E-state index contributed by atoms with van der Waals surface area (Å²) < 4.78 is 0. The van der Waals surface area contributed by atoms with E-state index in [1.165, 1.54) is 19.3 Å². The van der Waals surface area contributed by atoms with Gasteiger partial charge < -0.3 is 10.4 Å². The summed E-state index contributed by atoms with van der Waals surface area (Å²) in [5.74, 6) is 0.822. The van der Waals surface area contributed by atoms with E-state index >= 15 is 0 Å². The SMILES string of the molecule is CC1=CC[C@@H](CNCCCO)CC1. The third kappa shape index (κ3) is 4.44. The number of rotatable bonds is 5. The van der Waals surface area contributed by atoms with Crippen LogP contribution in [0.25, 0.3) is 0 Å². The highest BCUT2D eigenvalue weighted by atomic mass is 16.3. The average molecular weight is 183 g/mol. The van der Waals surface area contributed by atoms with E-state index in [0.29, 0.717) is 6.61 Å². The highest BCUT2D eigenvalue weighted by Crippen LogP contribution is 2.22. The fraction of sp³-hybridized carbons (Fsp3) is 0.818. The molecule has 76 valence electrons. The van der Waals surface area contributed by atoms with E-state index in [9.17, 15) is 0 Å². The number of hydrogen-bond donors (Lipinski definition) is 2. The Labute approximate surface area is 81.0 Å². The van der Waals surface area contributed by atoms with Crippen LogP contribution in [0.15, 0.2) is 11.6 Å². The minimum Gasteiger partial charge on any atom is -0.396 e. The second-order valence-electron chi connectivity index (χ2n) is 3.97. The van der Waals surface area contributed by atoms with Crippen molar-refractivity contribution in [2.75, 3.05) is 19.7 Å². The number of aliphatic hydroxyl groups excluding tert-OH is 1. The molecule has 0 heterocycles. The van der Waals surface area contributed by atoms with Crippen LogP contribution >= 0.6 is 0 Å². The zero-order chi connectivity index (χ0) is 9.52. The second-order valence-corrected chi connectivity index (χ2v) is 3.97. The fourth-order valence-corrected chi connectivity index (χ4v) is 1.72. The standard InChI is InChI=1S/C11H21NO/c1-10-3-5-11(6-4-10)9-12-7-2-8-13/h3,11-13H,2,4-9H2,1H3/t11-/m1/s1. The lowest BCUT2D eigenvalue weighted by atomic mass is 9.90. The molecule has 1 aliphatic carbocycles. The third-order valence-corrected chi connectivity index (χ3v) is 2.69. The topological polar surface area (TPSA) is 32.3 Å². The molecular formula is C11H21NO. The average Bonchev–Trinajstić information content (AvgIpc) is 2.15. The zero-order valence-electron chi connectivity index (χ0n) is 8.55. The van der Waals surface area contributed by atoms with Gasteiger partial charge in [-0.3, -0.25) is 0 Å². The second kappa shape index (κ2) is 6.17. The molecule has 0 bridgehead atoms. The van der Waals surface area contributed by atoms with Crippen molar-refractivity contribution >= 4 is 0 Å². The van der Waals surface area contributed by atoms with E-state index in [1.807, 2.05) is 0 Å². The van der Waals surface area contributed by atoms with Crippen LogP contribution in [-0.4, -0.2) is 24.8 Å². The minimum atomic E-state index is 0.302. The molecule has 0 spiro atoms. The van der Waals surface area contributed by atoms with E-state index in [4.69, 9.17) is 5.11 Å². The van der Waals surface area contributed by atoms with E-state index < -0.39 is 0 Å². The van der Waals surface area contributed by atoms with Crippen LogP contribution in [0.1, 0.15) is 32.6 Å². The van der Waals surface area contributed by atoms with Crippen molar-refractivity contribution in [1.82, 2.24) is 5.32 Å². The van der Waals surface area contributed by atoms with Crippen LogP contribution in [-0.2, 0) is 0 Å². The molecule has 0 aliphatic heterocycles. The number of nitrogens with one attached hydrogen (secondary N) is 1. The van der Waals surface area contributed by atoms with E-state index in [1.54, 1.807) is 5.57 Å². The molecule has 13 heavy (non-hydrogen) atoms. The molecule has 1 rings (SSSR count). The molecule has 0 amide bonds. The summed E-state index contributed by atoms with van der Waals surface area (Å²) in [5, 5.41) is 12.0. The molecule has 0 fully saturated rings. The van der Waals surface area contributed by atoms with Crippen molar-refractivity contribution < 1.29 is 5.11 Å². The molecule has 2 nitrogen and oxygen atoms in total. The highest BCUT2D eigenvalue weighted by Gasteiger charge is 2.11. The fourth-order valence-electron chi connectivity index (χ4n) is 1.72. The molecule has 2 heteroatoms. The molecule has 1 aliphatic rings. The van der Waals surface area contributed by atoms with Crippen molar-refractivity contribution in [2.24, 2.45) is 5.92 Å². The maximum atomic E-state index is 8.59. The van der Waals surface area contributed by atoms with Gasteiger partial charge >= 0.3 is 0 Å². The van der Waals surface area contributed by atoms with Crippen molar-refractivity contribution in [3.05, 3.63) is 11.6 Å². The lowest BCUT2D eigenvalue weighted by Crippen LogP contribution is -2.25. The Morgan fingerprint density at radius 2 is 2.46 bits per heavy atom. The van der Waals surface area contributed by atoms with Gasteiger partial charge in [0.05, 0.1) is 0 Å². The van der Waals surface area contributed by atoms with Crippen LogP contribution in [0.2, 0.25) is 0 Å². The first-order valence-corrected chi connectivity index (χ1v) is 5.30. The molecule has 0 saturated carbocycles. The van der Waals surface area contributed by atoms with Gasteiger partial charge in [-0.05, 0) is 51.6 Å². The van der Waals surface area contributed by atoms with Crippen molar-refractivity contribution in [3.8, 4) is 0 Å². The summed E-state index contributed by atoms with van der Waals surface area (Å²) in [6.07, 6.45) is 7.07. The Hall–Kier alpha value is -0.340. The lowest BCUT2D eigenvalue weighted by Gasteiger charge is -2.20. The number of allylic oxidation sites excluding steroid dienone is 2. The smallest absolute Gasteiger partial charge is 0.0443 e. The quantitative estimate of drug-likeness (QED) is 0.502. The first-order chi connectivity index (χ1) is 6.33. The maximum absolute atomic E-state index is 8.59. The monoisotopic (exact) mass is 183 g/mol. The predicted molar refractivity (Wildman–Crippen MR) is 55.7 cm³/mol. The van der Waals surface area contributed by atoms with Crippen LogP contribution in [0.3, 0.4) is 0 Å². The van der Waals surface area contributed by atoms with Crippen LogP contribution in [0.5, 0.6) is 0 Å². The minimum absolute atomic E-state index is 0.302. The van der Waals surface area contributed by atoms with E-state index in [0.717, 1.165) is 25.4 Å². The van der Waals surface area contributed by atoms with Crippen LogP contribution < -0.4 is 5.32 Å². The summed E-state index contributed by atoms with van der Waals surface area (Å²) in [4.78, 5) is 0. The Morgan fingerprint density at radius 1 is 1.62 bits per heavy atom. The summed E-state index contributed by atoms with van der Waals surface area (Å²) >= 11 is 0. The predicted octanol–water partition coefficient (Wildman–Crippen LogP) is 1.70. The van der Waals surface area contributed by atoms with Crippen molar-refractivity contribution in [2.45, 2.75) is 32.6 Å². The summed E-state index contributed by atoms with van der Waals surface area (Å²) in [6, 6.07) is 0. The molecule has 0 aromatic heterocycles. The number of hydrogen-bond acceptors (Lipinski definition) is 2. The Bertz CT molecular complexity index is 165. The molecule has 1 atom stereocenters. The molecule has 0 radical (unpaired) electrons. The van der Waals surface area contributed by atoms with Gasteiger partial charge in [0.2, 0.25) is 0 Å². The summed E-state index contributed by atoms with van der Waals surface area (Å²) in [6.45, 7) is 4.59. The zero-order valence-corrected chi connectivity index (χ0v) is 8.55. The highest BCUT2D eigenvalue weighted by molar-refractivity contribution is 5.02. The molecule has 0 aromatic carbocycles. The van der Waals surface area contributed by atoms with E-state index in [-0.39, 0.29) is 0 Å². The molecular weight excluding hydrogens is 162 g/mol. The van der Waals surface area contributed by atoms with Crippen LogP contribution in [0, 0.1) is 5.92 Å². The Kier molecular flexibility index (Phi) is 5.09. The molecule has 2 N–H and O–H groups in total. The van der Waals surface area contributed by atoms with Gasteiger partial charge in [0.15, 0.2) is 0 Å². The van der Waals surface area contributed by atoms with Gasteiger partial charge in [0, 0.05) is 6.61 Å². The van der Waals surface area contributed by atoms with Gasteiger partial charge in [0.25, 0.3) is 0 Å². The first kappa shape index (κ1) is 10.7. The van der Waals surface area contributed by atoms with Crippen LogP contribution in [0.4, 0.5) is 0 Å². The summed E-state index contributed by atoms with van der Waals surface area (Å²) in [5.41, 5.74) is 1.55. The maximum Gasteiger partial charge on any atom is 0.0443 e. The first-order valence-electron chi connectivity index (χ1n) is 5.30. The molecule has 0 unspecified atom stereocenters. The molecule has 0 aromatic rings. The van der Waals surface area contributed by atoms with Gasteiger partial charge in [-0.15, -0.1) is 0 Å². The van der Waals surface area contributed by atoms with Gasteiger partial charge in [-0.2, -0.15) is 0 Å². The van der Waals surface area contributed by atoms with Gasteiger partial charge in [0.1, 0.15) is 0 Å². The normalized spacial score (nSPS) is 22.9. The van der Waals surface area contributed by atoms with Gasteiger partial charge in [-0.1, -0.05) is 11.6 Å². The van der Waals surface area contributed by atoms with Gasteiger partial charge in [-0.25, -0.2) is 0 Å². The Morgan fingerprint density at radius 3 is 3.08 bits per heavy atom. The van der Waals surface area contributed by atoms with Crippen molar-refractivity contribution in [1.29, 1.82) is 0 Å². The van der Waals surface area contributed by atoms with Crippen molar-refractivity contribution in [3.63, 3.8) is 0 Å².